The van der Waals surface area contributed by atoms with Gasteiger partial charge in [-0.2, -0.15) is 10.1 Å². The Hall–Kier alpha value is -2.63. The molecule has 0 aromatic heterocycles. The van der Waals surface area contributed by atoms with E-state index in [0.29, 0.717) is 17.1 Å². The van der Waals surface area contributed by atoms with Crippen molar-refractivity contribution in [2.24, 2.45) is 28.8 Å². The SMILES string of the molecule is COc1ccc(OC)c(/C=N\N2C(=O)[C@@H]3[C@H](C2=O)[C@H]2C=C[C@H]3C2)c1. The number of carbonyl (C=O) groups excluding carboxylic acids is 2. The molecule has 1 aromatic rings. The fraction of sp³-hybridized carbons (Fsp3) is 0.389. The first-order valence-electron chi connectivity index (χ1n) is 7.96. The van der Waals surface area contributed by atoms with E-state index in [1.54, 1.807) is 32.4 Å². The van der Waals surface area contributed by atoms with Gasteiger partial charge in [-0.15, -0.1) is 0 Å². The minimum atomic E-state index is -0.239. The zero-order chi connectivity index (χ0) is 16.8. The molecule has 2 bridgehead atoms. The second kappa shape index (κ2) is 5.47. The van der Waals surface area contributed by atoms with Gasteiger partial charge in [-0.3, -0.25) is 9.59 Å². The highest BCUT2D eigenvalue weighted by Crippen LogP contribution is 2.52. The summed E-state index contributed by atoms with van der Waals surface area (Å²) < 4.78 is 10.5. The number of imide groups is 1. The highest BCUT2D eigenvalue weighted by Gasteiger charge is 2.59. The number of fused-ring (bicyclic) bond motifs is 5. The molecule has 1 saturated carbocycles. The number of ether oxygens (including phenoxy) is 2. The van der Waals surface area contributed by atoms with Gasteiger partial charge in [-0.1, -0.05) is 12.2 Å². The van der Waals surface area contributed by atoms with Gasteiger partial charge in [0.2, 0.25) is 0 Å². The van der Waals surface area contributed by atoms with Crippen molar-refractivity contribution < 1.29 is 19.1 Å². The van der Waals surface area contributed by atoms with Crippen LogP contribution in [0.25, 0.3) is 0 Å². The molecule has 124 valence electrons. The van der Waals surface area contributed by atoms with E-state index in [9.17, 15) is 9.59 Å². The number of hydrogen-bond donors (Lipinski definition) is 0. The van der Waals surface area contributed by atoms with Gasteiger partial charge < -0.3 is 9.47 Å². The number of hydrazone groups is 1. The van der Waals surface area contributed by atoms with Gasteiger partial charge in [-0.25, -0.2) is 0 Å². The zero-order valence-corrected chi connectivity index (χ0v) is 13.5. The summed E-state index contributed by atoms with van der Waals surface area (Å²) in [6, 6.07) is 5.28. The quantitative estimate of drug-likeness (QED) is 0.481. The van der Waals surface area contributed by atoms with Gasteiger partial charge in [0.1, 0.15) is 11.5 Å². The fourth-order valence-corrected chi connectivity index (χ4v) is 4.06. The Labute approximate surface area is 139 Å². The van der Waals surface area contributed by atoms with Gasteiger partial charge in [0, 0.05) is 5.56 Å². The van der Waals surface area contributed by atoms with E-state index in [1.807, 2.05) is 0 Å². The van der Waals surface area contributed by atoms with Gasteiger partial charge in [0.15, 0.2) is 0 Å². The number of amides is 2. The Morgan fingerprint density at radius 3 is 2.33 bits per heavy atom. The van der Waals surface area contributed by atoms with Gasteiger partial charge in [-0.05, 0) is 36.5 Å². The summed E-state index contributed by atoms with van der Waals surface area (Å²) in [6.07, 6.45) is 6.52. The van der Waals surface area contributed by atoms with Gasteiger partial charge >= 0.3 is 0 Å². The van der Waals surface area contributed by atoms with Crippen LogP contribution in [0.4, 0.5) is 0 Å². The van der Waals surface area contributed by atoms with Crippen LogP contribution in [0, 0.1) is 23.7 Å². The number of methoxy groups -OCH3 is 2. The maximum Gasteiger partial charge on any atom is 0.254 e. The lowest BCUT2D eigenvalue weighted by molar-refractivity contribution is -0.140. The molecule has 1 heterocycles. The largest absolute Gasteiger partial charge is 0.497 e. The maximum atomic E-state index is 12.6. The first-order chi connectivity index (χ1) is 11.6. The Bertz CT molecular complexity index is 740. The molecule has 2 fully saturated rings. The Kier molecular flexibility index (Phi) is 3.40. The molecule has 0 spiro atoms. The zero-order valence-electron chi connectivity index (χ0n) is 13.5. The lowest BCUT2D eigenvalue weighted by atomic mass is 9.85. The Balaban J connectivity index is 1.61. The van der Waals surface area contributed by atoms with Crippen molar-refractivity contribution in [3.8, 4) is 11.5 Å². The molecule has 0 radical (unpaired) electrons. The van der Waals surface area contributed by atoms with E-state index in [1.165, 1.54) is 6.21 Å². The topological polar surface area (TPSA) is 68.2 Å². The summed E-state index contributed by atoms with van der Waals surface area (Å²) in [5.41, 5.74) is 0.649. The summed E-state index contributed by atoms with van der Waals surface area (Å²) >= 11 is 0. The van der Waals surface area contributed by atoms with Crippen molar-refractivity contribution in [2.75, 3.05) is 14.2 Å². The van der Waals surface area contributed by atoms with Gasteiger partial charge in [0.25, 0.3) is 11.8 Å². The third-order valence-corrected chi connectivity index (χ3v) is 5.20. The molecule has 2 aliphatic carbocycles. The van der Waals surface area contributed by atoms with Crippen LogP contribution in [-0.4, -0.2) is 37.3 Å². The van der Waals surface area contributed by atoms with E-state index >= 15 is 0 Å². The van der Waals surface area contributed by atoms with Crippen molar-refractivity contribution in [3.05, 3.63) is 35.9 Å². The molecule has 3 aliphatic rings. The van der Waals surface area contributed by atoms with Crippen LogP contribution in [0.15, 0.2) is 35.5 Å². The molecular formula is C18H18N2O4. The number of rotatable bonds is 4. The van der Waals surface area contributed by atoms with E-state index in [-0.39, 0.29) is 35.5 Å². The Morgan fingerprint density at radius 1 is 1.08 bits per heavy atom. The van der Waals surface area contributed by atoms with E-state index in [2.05, 4.69) is 17.3 Å². The van der Waals surface area contributed by atoms with E-state index in [0.717, 1.165) is 11.4 Å². The van der Waals surface area contributed by atoms with Crippen molar-refractivity contribution >= 4 is 18.0 Å². The number of hydrogen-bond acceptors (Lipinski definition) is 5. The maximum absolute atomic E-state index is 12.6. The fourth-order valence-electron chi connectivity index (χ4n) is 4.06. The molecule has 6 nitrogen and oxygen atoms in total. The van der Waals surface area contributed by atoms with Crippen LogP contribution in [0.5, 0.6) is 11.5 Å². The third-order valence-electron chi connectivity index (χ3n) is 5.20. The second-order valence-electron chi connectivity index (χ2n) is 6.34. The molecule has 2 amide bonds. The molecule has 4 atom stereocenters. The number of allylic oxidation sites excluding steroid dienone is 2. The molecule has 24 heavy (non-hydrogen) atoms. The normalized spacial score (nSPS) is 30.5. The summed E-state index contributed by atoms with van der Waals surface area (Å²) in [7, 11) is 3.12. The summed E-state index contributed by atoms with van der Waals surface area (Å²) in [6.45, 7) is 0. The van der Waals surface area contributed by atoms with Crippen molar-refractivity contribution in [1.29, 1.82) is 0 Å². The van der Waals surface area contributed by atoms with Crippen molar-refractivity contribution in [2.45, 2.75) is 6.42 Å². The van der Waals surface area contributed by atoms with Crippen LogP contribution in [0.2, 0.25) is 0 Å². The highest BCUT2D eigenvalue weighted by atomic mass is 16.5. The monoisotopic (exact) mass is 326 g/mol. The van der Waals surface area contributed by atoms with E-state index < -0.39 is 0 Å². The number of nitrogens with zero attached hydrogens (tertiary/aromatic N) is 2. The molecule has 1 aromatic carbocycles. The molecule has 1 aliphatic heterocycles. The van der Waals surface area contributed by atoms with Crippen molar-refractivity contribution in [3.63, 3.8) is 0 Å². The predicted octanol–water partition coefficient (Wildman–Crippen LogP) is 1.84. The number of carbonyl (C=O) groups is 2. The minimum absolute atomic E-state index is 0.183. The average Bonchev–Trinajstić information content (AvgIpc) is 3.28. The lowest BCUT2D eigenvalue weighted by Crippen LogP contribution is -2.28. The molecule has 1 saturated heterocycles. The molecule has 0 unspecified atom stereocenters. The van der Waals surface area contributed by atoms with E-state index in [4.69, 9.17) is 9.47 Å². The van der Waals surface area contributed by atoms with Crippen LogP contribution >= 0.6 is 0 Å². The third kappa shape index (κ3) is 2.06. The summed E-state index contributed by atoms with van der Waals surface area (Å²) in [5.74, 6) is 0.746. The van der Waals surface area contributed by atoms with Crippen molar-refractivity contribution in [1.82, 2.24) is 5.01 Å². The standard InChI is InChI=1S/C18H18N2O4/c1-23-13-5-6-14(24-2)12(8-13)9-19-20-17(21)15-10-3-4-11(7-10)16(15)18(20)22/h3-6,8-11,15-16H,7H2,1-2H3/b19-9-/t10-,11-,15-,16+/m0/s1. The minimum Gasteiger partial charge on any atom is -0.497 e. The summed E-state index contributed by atoms with van der Waals surface area (Å²) in [4.78, 5) is 25.2. The average molecular weight is 326 g/mol. The molecule has 0 N–H and O–H groups in total. The summed E-state index contributed by atoms with van der Waals surface area (Å²) in [5, 5.41) is 5.19. The van der Waals surface area contributed by atoms with Crippen LogP contribution in [-0.2, 0) is 9.59 Å². The highest BCUT2D eigenvalue weighted by molar-refractivity contribution is 6.06. The van der Waals surface area contributed by atoms with Gasteiger partial charge in [0.05, 0.1) is 32.3 Å². The van der Waals surface area contributed by atoms with Crippen LogP contribution in [0.1, 0.15) is 12.0 Å². The smallest absolute Gasteiger partial charge is 0.254 e. The first-order valence-corrected chi connectivity index (χ1v) is 7.96. The number of benzene rings is 1. The van der Waals surface area contributed by atoms with Crippen LogP contribution < -0.4 is 9.47 Å². The predicted molar refractivity (Wildman–Crippen MR) is 86.7 cm³/mol. The Morgan fingerprint density at radius 2 is 1.75 bits per heavy atom. The van der Waals surface area contributed by atoms with Crippen LogP contribution in [0.3, 0.4) is 0 Å². The molecular weight excluding hydrogens is 308 g/mol. The lowest BCUT2D eigenvalue weighted by Gasteiger charge is -2.13. The molecule has 4 rings (SSSR count). The first kappa shape index (κ1) is 14.9. The second-order valence-corrected chi connectivity index (χ2v) is 6.34. The molecule has 6 heteroatoms.